The van der Waals surface area contributed by atoms with Gasteiger partial charge in [0.2, 0.25) is 5.91 Å². The molecule has 2 aromatic carbocycles. The Morgan fingerprint density at radius 1 is 1.03 bits per heavy atom. The molecule has 3 aliphatic carbocycles. The molecule has 17 heteroatoms. The number of carbonyl (C=O) groups excluding carboxylic acids is 5. The fraction of sp³-hybridized carbons (Fsp3) is 0.488. The summed E-state index contributed by atoms with van der Waals surface area (Å²) in [5.74, 6) is -4.55. The van der Waals surface area contributed by atoms with E-state index >= 15 is 4.39 Å². The van der Waals surface area contributed by atoms with Crippen molar-refractivity contribution in [2.24, 2.45) is 17.3 Å². The summed E-state index contributed by atoms with van der Waals surface area (Å²) in [5.41, 5.74) is 0.388. The maximum Gasteiger partial charge on any atom is 0.482 e. The summed E-state index contributed by atoms with van der Waals surface area (Å²) in [7, 11) is 0.390. The van der Waals surface area contributed by atoms with Gasteiger partial charge < -0.3 is 39.1 Å². The predicted molar refractivity (Wildman–Crippen MR) is 215 cm³/mol. The molecule has 0 radical (unpaired) electrons. The Morgan fingerprint density at radius 3 is 2.48 bits per heavy atom. The summed E-state index contributed by atoms with van der Waals surface area (Å²) < 4.78 is 46.5. The van der Waals surface area contributed by atoms with Gasteiger partial charge in [-0.25, -0.2) is 14.0 Å². The number of pyridine rings is 1. The molecule has 1 unspecified atom stereocenters. The van der Waals surface area contributed by atoms with Crippen LogP contribution in [0.3, 0.4) is 0 Å². The van der Waals surface area contributed by atoms with Crippen LogP contribution >= 0.6 is 0 Å². The number of benzene rings is 2. The topological polar surface area (TPSA) is 175 Å². The lowest BCUT2D eigenvalue weighted by Gasteiger charge is -2.63. The highest BCUT2D eigenvalue weighted by atomic mass is 19.1. The van der Waals surface area contributed by atoms with Gasteiger partial charge in [-0.05, 0) is 74.5 Å². The van der Waals surface area contributed by atoms with Crippen molar-refractivity contribution in [2.45, 2.75) is 84.2 Å². The van der Waals surface area contributed by atoms with Gasteiger partial charge in [0.05, 0.1) is 37.6 Å². The number of halogens is 1. The molecule has 3 aromatic rings. The number of urea groups is 1. The van der Waals surface area contributed by atoms with Crippen LogP contribution in [0, 0.1) is 23.1 Å². The highest BCUT2D eigenvalue weighted by Crippen LogP contribution is 2.64. The predicted octanol–water partition coefficient (Wildman–Crippen LogP) is 4.42. The molecule has 8 rings (SSSR count). The number of carbonyl (C=O) groups is 5. The molecule has 1 aromatic heterocycles. The second-order valence-electron chi connectivity index (χ2n) is 16.5. The van der Waals surface area contributed by atoms with Crippen molar-refractivity contribution in [1.82, 2.24) is 25.4 Å². The largest absolute Gasteiger partial charge is 0.496 e. The Balaban J connectivity index is 1.22. The van der Waals surface area contributed by atoms with Crippen molar-refractivity contribution in [3.63, 3.8) is 0 Å². The third-order valence-electron chi connectivity index (χ3n) is 12.6. The second-order valence-corrected chi connectivity index (χ2v) is 16.5. The molecule has 2 N–H and O–H groups in total. The number of piperazine rings is 1. The fourth-order valence-electron chi connectivity index (χ4n) is 9.08. The van der Waals surface area contributed by atoms with Crippen LogP contribution in [0.2, 0.25) is 0 Å². The van der Waals surface area contributed by atoms with Crippen molar-refractivity contribution in [3.8, 4) is 11.5 Å². The number of nitrogens with zero attached hydrogens (tertiary/aromatic N) is 3. The third kappa shape index (κ3) is 8.16. The zero-order valence-corrected chi connectivity index (χ0v) is 34.7. The maximum absolute atomic E-state index is 16.2. The summed E-state index contributed by atoms with van der Waals surface area (Å²) in [6.45, 7) is 10.3. The van der Waals surface area contributed by atoms with Crippen molar-refractivity contribution in [3.05, 3.63) is 89.0 Å². The molecular weight excluding hydrogens is 776 g/mol. The Hall–Kier alpha value is -5.55. The number of imide groups is 1. The Bertz CT molecular complexity index is 2140. The van der Waals surface area contributed by atoms with E-state index in [9.17, 15) is 24.0 Å². The molecule has 5 fully saturated rings. The summed E-state index contributed by atoms with van der Waals surface area (Å²) in [6, 6.07) is 12.3. The molecule has 2 saturated heterocycles. The van der Waals surface area contributed by atoms with Gasteiger partial charge in [-0.1, -0.05) is 56.3 Å². The molecule has 0 spiro atoms. The standard InChI is InChI=1S/C43H51BFN5O10/c1-7-49-17-18-50(39(53)38(49)52)41(55)48-34(33-31(45)21-28(23-46-33)58-24-25-13-10-9-11-14-25)37(51)47-32(19-26-15-12-16-29(35(26)56-6)40(54)57-8-2)44-59-36-30-20-27(42(30,3)4)22-43(36,5)60-44/h9-16,21,23,27,30,32,34,36H,7-8,17-20,22,24H2,1-6H3,(H,47,51)(H,48,55)/t27-,30+,32+,34?,36-,43+/m1/s1. The lowest BCUT2D eigenvalue weighted by molar-refractivity contribution is -0.185. The first-order valence-corrected chi connectivity index (χ1v) is 20.4. The molecule has 6 atom stereocenters. The van der Waals surface area contributed by atoms with E-state index < -0.39 is 65.9 Å². The van der Waals surface area contributed by atoms with E-state index in [4.69, 9.17) is 23.5 Å². The molecule has 2 bridgehead atoms. The van der Waals surface area contributed by atoms with Gasteiger partial charge in [0, 0.05) is 25.7 Å². The molecule has 60 heavy (non-hydrogen) atoms. The van der Waals surface area contributed by atoms with E-state index in [1.807, 2.05) is 37.3 Å². The van der Waals surface area contributed by atoms with Crippen molar-refractivity contribution in [1.29, 1.82) is 0 Å². The molecule has 15 nitrogen and oxygen atoms in total. The maximum atomic E-state index is 16.2. The van der Waals surface area contributed by atoms with E-state index in [0.717, 1.165) is 24.5 Å². The normalized spacial score (nSPS) is 23.9. The monoisotopic (exact) mass is 827 g/mol. The number of hydrogen-bond acceptors (Lipinski definition) is 11. The number of ether oxygens (including phenoxy) is 3. The first kappa shape index (κ1) is 42.6. The second kappa shape index (κ2) is 17.2. The van der Waals surface area contributed by atoms with E-state index in [1.165, 1.54) is 18.2 Å². The third-order valence-corrected chi connectivity index (χ3v) is 12.6. The van der Waals surface area contributed by atoms with Gasteiger partial charge in [0.25, 0.3) is 0 Å². The summed E-state index contributed by atoms with van der Waals surface area (Å²) >= 11 is 0. The first-order chi connectivity index (χ1) is 28.7. The minimum absolute atomic E-state index is 0.00190. The summed E-state index contributed by atoms with van der Waals surface area (Å²) in [6.07, 6.45) is 2.66. The first-order valence-electron chi connectivity index (χ1n) is 20.4. The van der Waals surface area contributed by atoms with Crippen LogP contribution in [0.5, 0.6) is 11.5 Å². The highest BCUT2D eigenvalue weighted by Gasteiger charge is 2.67. The smallest absolute Gasteiger partial charge is 0.482 e. The van der Waals surface area contributed by atoms with Gasteiger partial charge in [-0.2, -0.15) is 0 Å². The number of likely N-dealkylation sites (N-methyl/N-ethyl adjacent to an activating group) is 1. The molecular formula is C43H51BFN5O10. The van der Waals surface area contributed by atoms with Crippen molar-refractivity contribution >= 4 is 36.8 Å². The number of nitrogens with one attached hydrogen (secondary N) is 2. The minimum Gasteiger partial charge on any atom is -0.496 e. The number of rotatable bonds is 14. The average Bonchev–Trinajstić information content (AvgIpc) is 3.60. The number of para-hydroxylation sites is 1. The molecule has 3 saturated carbocycles. The zero-order chi connectivity index (χ0) is 42.9. The quantitative estimate of drug-likeness (QED) is 0.134. The van der Waals surface area contributed by atoms with Crippen LogP contribution in [0.4, 0.5) is 9.18 Å². The minimum atomic E-state index is -1.82. The van der Waals surface area contributed by atoms with Crippen LogP contribution in [0.1, 0.15) is 80.7 Å². The highest BCUT2D eigenvalue weighted by molar-refractivity contribution is 6.48. The number of methoxy groups -OCH3 is 1. The molecule has 5 amide bonds. The Kier molecular flexibility index (Phi) is 12.2. The van der Waals surface area contributed by atoms with E-state index in [2.05, 4.69) is 29.5 Å². The molecule has 318 valence electrons. The number of amides is 5. The summed E-state index contributed by atoms with van der Waals surface area (Å²) in [4.78, 5) is 73.6. The van der Waals surface area contributed by atoms with Gasteiger partial charge in [-0.15, -0.1) is 0 Å². The van der Waals surface area contributed by atoms with Crippen LogP contribution in [0.15, 0.2) is 60.8 Å². The van der Waals surface area contributed by atoms with Crippen LogP contribution < -0.4 is 20.1 Å². The fourth-order valence-corrected chi connectivity index (χ4v) is 9.08. The van der Waals surface area contributed by atoms with Gasteiger partial charge in [0.15, 0.2) is 11.9 Å². The number of hydrogen-bond donors (Lipinski definition) is 2. The molecule has 2 aliphatic heterocycles. The van der Waals surface area contributed by atoms with E-state index in [1.54, 1.807) is 32.0 Å². The number of esters is 1. The van der Waals surface area contributed by atoms with Gasteiger partial charge >= 0.3 is 30.9 Å². The zero-order valence-electron chi connectivity index (χ0n) is 34.7. The molecule has 5 aliphatic rings. The summed E-state index contributed by atoms with van der Waals surface area (Å²) in [5, 5.41) is 5.43. The van der Waals surface area contributed by atoms with E-state index in [-0.39, 0.29) is 73.8 Å². The van der Waals surface area contributed by atoms with Gasteiger partial charge in [0.1, 0.15) is 29.4 Å². The van der Waals surface area contributed by atoms with Crippen LogP contribution in [0.25, 0.3) is 0 Å². The van der Waals surface area contributed by atoms with Crippen molar-refractivity contribution in [2.75, 3.05) is 33.4 Å². The SMILES string of the molecule is CCOC(=O)c1cccc(C[C@H](NC(=O)C(NC(=O)N2CCN(CC)C(=O)C2=O)c2ncc(OCc3ccccc3)cc2F)B2O[C@@H]3[C@@H]4C[C@H](C[C@]3(C)O2)C4(C)C)c1OC. The molecule has 3 heterocycles. The van der Waals surface area contributed by atoms with Crippen molar-refractivity contribution < 1.29 is 51.9 Å². The van der Waals surface area contributed by atoms with Gasteiger partial charge in [-0.3, -0.25) is 24.3 Å². The number of aromatic nitrogens is 1. The average molecular weight is 828 g/mol. The van der Waals surface area contributed by atoms with Crippen LogP contribution in [-0.2, 0) is 41.5 Å². The lowest BCUT2D eigenvalue weighted by Crippen LogP contribution is -2.63. The van der Waals surface area contributed by atoms with E-state index in [0.29, 0.717) is 16.4 Å². The van der Waals surface area contributed by atoms with Crippen LogP contribution in [-0.4, -0.2) is 103 Å². The Labute approximate surface area is 348 Å². The lowest BCUT2D eigenvalue weighted by atomic mass is 9.45. The Morgan fingerprint density at radius 2 is 1.80 bits per heavy atom.